The van der Waals surface area contributed by atoms with Crippen molar-refractivity contribution in [2.24, 2.45) is 0 Å². The maximum absolute atomic E-state index is 11.8. The highest BCUT2D eigenvalue weighted by atomic mass is 35.5. The van der Waals surface area contributed by atoms with Gasteiger partial charge in [0, 0.05) is 29.5 Å². The van der Waals surface area contributed by atoms with E-state index in [4.69, 9.17) is 17.3 Å². The van der Waals surface area contributed by atoms with Crippen LogP contribution in [0.3, 0.4) is 0 Å². The van der Waals surface area contributed by atoms with Crippen LogP contribution in [0.2, 0.25) is 5.02 Å². The molecule has 0 aliphatic heterocycles. The molecule has 0 saturated carbocycles. The van der Waals surface area contributed by atoms with Crippen molar-refractivity contribution < 1.29 is 4.79 Å². The van der Waals surface area contributed by atoms with Crippen LogP contribution in [-0.2, 0) is 17.9 Å². The second kappa shape index (κ2) is 6.25. The minimum atomic E-state index is -0.263. The van der Waals surface area contributed by atoms with Crippen LogP contribution in [0.15, 0.2) is 47.4 Å². The summed E-state index contributed by atoms with van der Waals surface area (Å²) in [7, 11) is 0. The van der Waals surface area contributed by atoms with Gasteiger partial charge >= 0.3 is 0 Å². The van der Waals surface area contributed by atoms with E-state index in [-0.39, 0.29) is 18.0 Å². The number of nitrogens with two attached hydrogens (primary N) is 1. The summed E-state index contributed by atoms with van der Waals surface area (Å²) in [5.41, 5.74) is 6.69. The lowest BCUT2D eigenvalue weighted by atomic mass is 10.2. The number of nitrogens with zero attached hydrogens (tertiary/aromatic N) is 1. The van der Waals surface area contributed by atoms with Crippen LogP contribution >= 0.6 is 11.6 Å². The smallest absolute Gasteiger partial charge is 0.251 e. The maximum Gasteiger partial charge on any atom is 0.251 e. The lowest BCUT2D eigenvalue weighted by Crippen LogP contribution is -2.31. The van der Waals surface area contributed by atoms with Crippen molar-refractivity contribution in [3.63, 3.8) is 0 Å². The largest absolute Gasteiger partial charge is 0.398 e. The highest BCUT2D eigenvalue weighted by molar-refractivity contribution is 6.30. The fourth-order valence-electron chi connectivity index (χ4n) is 1.69. The summed E-state index contributed by atoms with van der Waals surface area (Å²) in [5.74, 6) is -0.257. The molecule has 5 nitrogen and oxygen atoms in total. The fourth-order valence-corrected chi connectivity index (χ4v) is 1.81. The zero-order valence-corrected chi connectivity index (χ0v) is 11.4. The number of rotatable bonds is 4. The number of amides is 1. The Morgan fingerprint density at radius 3 is 2.60 bits per heavy atom. The molecule has 0 aliphatic carbocycles. The number of hydrogen-bond acceptors (Lipinski definition) is 3. The van der Waals surface area contributed by atoms with Gasteiger partial charge in [0.2, 0.25) is 5.91 Å². The van der Waals surface area contributed by atoms with Crippen molar-refractivity contribution in [1.29, 1.82) is 0 Å². The van der Waals surface area contributed by atoms with Crippen LogP contribution < -0.4 is 16.6 Å². The molecule has 0 saturated heterocycles. The number of carbonyl (C=O) groups excluding carboxylic acids is 1. The first-order valence-corrected chi connectivity index (χ1v) is 6.39. The van der Waals surface area contributed by atoms with E-state index >= 15 is 0 Å². The lowest BCUT2D eigenvalue weighted by Gasteiger charge is -2.08. The van der Waals surface area contributed by atoms with Gasteiger partial charge in [-0.15, -0.1) is 0 Å². The van der Waals surface area contributed by atoms with E-state index in [1.54, 1.807) is 12.1 Å². The number of nitrogen functional groups attached to an aromatic ring is 1. The van der Waals surface area contributed by atoms with Crippen molar-refractivity contribution in [2.45, 2.75) is 13.1 Å². The molecule has 0 bridgehead atoms. The molecule has 1 aromatic carbocycles. The first-order valence-electron chi connectivity index (χ1n) is 6.02. The third-order valence-electron chi connectivity index (χ3n) is 2.72. The minimum Gasteiger partial charge on any atom is -0.398 e. The number of carbonyl (C=O) groups is 1. The van der Waals surface area contributed by atoms with E-state index in [9.17, 15) is 9.59 Å². The van der Waals surface area contributed by atoms with Gasteiger partial charge in [0.05, 0.1) is 0 Å². The Hall–Kier alpha value is -2.27. The highest BCUT2D eigenvalue weighted by Gasteiger charge is 2.04. The Balaban J connectivity index is 1.94. The van der Waals surface area contributed by atoms with Crippen LogP contribution in [0, 0.1) is 0 Å². The van der Waals surface area contributed by atoms with Gasteiger partial charge in [0.25, 0.3) is 5.56 Å². The van der Waals surface area contributed by atoms with Crippen molar-refractivity contribution >= 4 is 23.2 Å². The van der Waals surface area contributed by atoms with Crippen molar-refractivity contribution in [1.82, 2.24) is 9.88 Å². The van der Waals surface area contributed by atoms with E-state index in [2.05, 4.69) is 5.32 Å². The predicted molar refractivity (Wildman–Crippen MR) is 78.4 cm³/mol. The standard InChI is InChI=1S/C14H14ClN3O2/c15-11-3-1-10(2-4-11)7-17-13(19)9-18-8-12(16)5-6-14(18)20/h1-6,8H,7,9,16H2,(H,17,19). The molecular formula is C14H14ClN3O2. The van der Waals surface area contributed by atoms with Crippen LogP contribution in [0.4, 0.5) is 5.69 Å². The molecule has 0 atom stereocenters. The SMILES string of the molecule is Nc1ccc(=O)n(CC(=O)NCc2ccc(Cl)cc2)c1. The van der Waals surface area contributed by atoms with Gasteiger partial charge in [-0.25, -0.2) is 0 Å². The topological polar surface area (TPSA) is 77.1 Å². The molecule has 0 spiro atoms. The lowest BCUT2D eigenvalue weighted by molar-refractivity contribution is -0.121. The van der Waals surface area contributed by atoms with E-state index in [1.165, 1.54) is 22.9 Å². The molecule has 0 fully saturated rings. The highest BCUT2D eigenvalue weighted by Crippen LogP contribution is 2.09. The van der Waals surface area contributed by atoms with Gasteiger partial charge in [-0.3, -0.25) is 9.59 Å². The van der Waals surface area contributed by atoms with Gasteiger partial charge in [-0.1, -0.05) is 23.7 Å². The summed E-state index contributed by atoms with van der Waals surface area (Å²) in [6.45, 7) is 0.324. The average molecular weight is 292 g/mol. The number of anilines is 1. The molecule has 20 heavy (non-hydrogen) atoms. The Kier molecular flexibility index (Phi) is 4.42. The average Bonchev–Trinajstić information content (AvgIpc) is 2.42. The molecule has 6 heteroatoms. The maximum atomic E-state index is 11.8. The van der Waals surface area contributed by atoms with E-state index in [0.717, 1.165) is 5.56 Å². The fraction of sp³-hybridized carbons (Fsp3) is 0.143. The Bertz CT molecular complexity index is 665. The summed E-state index contributed by atoms with van der Waals surface area (Å²) in [6.07, 6.45) is 1.45. The van der Waals surface area contributed by atoms with Crippen molar-refractivity contribution in [3.8, 4) is 0 Å². The molecule has 0 radical (unpaired) electrons. The van der Waals surface area contributed by atoms with E-state index in [0.29, 0.717) is 17.3 Å². The molecule has 1 amide bonds. The van der Waals surface area contributed by atoms with Gasteiger partial charge in [-0.05, 0) is 23.8 Å². The zero-order valence-electron chi connectivity index (χ0n) is 10.7. The second-order valence-electron chi connectivity index (χ2n) is 4.33. The van der Waals surface area contributed by atoms with E-state index in [1.807, 2.05) is 12.1 Å². The normalized spacial score (nSPS) is 10.2. The number of benzene rings is 1. The third kappa shape index (κ3) is 3.86. The zero-order chi connectivity index (χ0) is 14.5. The number of halogens is 1. The number of aromatic nitrogens is 1. The summed E-state index contributed by atoms with van der Waals surface area (Å²) in [4.78, 5) is 23.3. The Labute approximate surface area is 121 Å². The molecule has 0 aliphatic rings. The minimum absolute atomic E-state index is 0.0581. The molecule has 0 unspecified atom stereocenters. The van der Waals surface area contributed by atoms with Crippen molar-refractivity contribution in [2.75, 3.05) is 5.73 Å². The molecule has 2 aromatic rings. The quantitative estimate of drug-likeness (QED) is 0.894. The molecule has 104 valence electrons. The second-order valence-corrected chi connectivity index (χ2v) is 4.77. The number of nitrogens with one attached hydrogen (secondary N) is 1. The Morgan fingerprint density at radius 1 is 1.20 bits per heavy atom. The van der Waals surface area contributed by atoms with Gasteiger partial charge in [0.1, 0.15) is 6.54 Å². The summed E-state index contributed by atoms with van der Waals surface area (Å²) in [6, 6.07) is 10.0. The number of hydrogen-bond donors (Lipinski definition) is 2. The van der Waals surface area contributed by atoms with Gasteiger partial charge in [-0.2, -0.15) is 0 Å². The van der Waals surface area contributed by atoms with Crippen LogP contribution in [0.25, 0.3) is 0 Å². The first kappa shape index (κ1) is 14.1. The Morgan fingerprint density at radius 2 is 1.90 bits per heavy atom. The monoisotopic (exact) mass is 291 g/mol. The molecular weight excluding hydrogens is 278 g/mol. The van der Waals surface area contributed by atoms with Crippen molar-refractivity contribution in [3.05, 3.63) is 63.5 Å². The van der Waals surface area contributed by atoms with Crippen LogP contribution in [0.1, 0.15) is 5.56 Å². The summed E-state index contributed by atoms with van der Waals surface area (Å²) >= 11 is 5.78. The number of pyridine rings is 1. The molecule has 1 heterocycles. The third-order valence-corrected chi connectivity index (χ3v) is 2.98. The molecule has 2 rings (SSSR count). The summed E-state index contributed by atoms with van der Waals surface area (Å²) < 4.78 is 1.27. The molecule has 3 N–H and O–H groups in total. The molecule has 1 aromatic heterocycles. The van der Waals surface area contributed by atoms with E-state index < -0.39 is 0 Å². The van der Waals surface area contributed by atoms with Crippen LogP contribution in [0.5, 0.6) is 0 Å². The van der Waals surface area contributed by atoms with Gasteiger partial charge < -0.3 is 15.6 Å². The van der Waals surface area contributed by atoms with Crippen LogP contribution in [-0.4, -0.2) is 10.5 Å². The first-order chi connectivity index (χ1) is 9.54. The summed E-state index contributed by atoms with van der Waals surface area (Å²) in [5, 5.41) is 3.38. The van der Waals surface area contributed by atoms with Gasteiger partial charge in [0.15, 0.2) is 0 Å². The predicted octanol–water partition coefficient (Wildman–Crippen LogP) is 1.40.